The maximum Gasteiger partial charge on any atom is 0.241 e. The third-order valence-electron chi connectivity index (χ3n) is 4.15. The Morgan fingerprint density at radius 1 is 1.28 bits per heavy atom. The number of thiazole rings is 1. The van der Waals surface area contributed by atoms with E-state index in [-0.39, 0.29) is 22.6 Å². The lowest BCUT2D eigenvalue weighted by Gasteiger charge is -2.18. The molecule has 0 amide bonds. The first-order valence-electron chi connectivity index (χ1n) is 8.43. The molecule has 1 aliphatic carbocycles. The van der Waals surface area contributed by atoms with Gasteiger partial charge in [0.15, 0.2) is 5.78 Å². The highest BCUT2D eigenvalue weighted by atomic mass is 32.2. The number of aromatic nitrogens is 1. The zero-order valence-corrected chi connectivity index (χ0v) is 15.9. The molecular weight excluding hydrogens is 356 g/mol. The van der Waals surface area contributed by atoms with Crippen LogP contribution in [0.5, 0.6) is 0 Å². The number of carbonyl (C=O) groups is 1. The Hall–Kier alpha value is -1.57. The second-order valence-corrected chi connectivity index (χ2v) is 9.48. The standard InChI is InChI=1S/C18H22N2O3S2/c1-12(2)11-16(18-19-9-10-24-18)20-25(22,23)15-7-5-14(6-8-15)17(21)13-3-4-13/h5-10,12-13,16,20H,3-4,11H2,1-2H3. The van der Waals surface area contributed by atoms with Crippen LogP contribution < -0.4 is 4.72 Å². The molecular formula is C18H22N2O3S2. The fourth-order valence-corrected chi connectivity index (χ4v) is 4.70. The van der Waals surface area contributed by atoms with Gasteiger partial charge in [0.05, 0.1) is 10.9 Å². The largest absolute Gasteiger partial charge is 0.294 e. The Balaban J connectivity index is 1.78. The SMILES string of the molecule is CC(C)CC(NS(=O)(=O)c1ccc(C(=O)C2CC2)cc1)c1nccs1. The van der Waals surface area contributed by atoms with Crippen molar-refractivity contribution in [2.75, 3.05) is 0 Å². The molecule has 1 aromatic carbocycles. The fraction of sp³-hybridized carbons (Fsp3) is 0.444. The molecule has 1 N–H and O–H groups in total. The van der Waals surface area contributed by atoms with Crippen LogP contribution in [0.25, 0.3) is 0 Å². The average molecular weight is 379 g/mol. The van der Waals surface area contributed by atoms with E-state index in [1.165, 1.54) is 23.5 Å². The molecule has 0 saturated heterocycles. The van der Waals surface area contributed by atoms with Crippen molar-refractivity contribution >= 4 is 27.1 Å². The number of hydrogen-bond donors (Lipinski definition) is 1. The number of nitrogens with one attached hydrogen (secondary N) is 1. The molecule has 1 atom stereocenters. The normalized spacial score (nSPS) is 16.1. The van der Waals surface area contributed by atoms with E-state index in [1.807, 2.05) is 19.2 Å². The summed E-state index contributed by atoms with van der Waals surface area (Å²) in [4.78, 5) is 16.5. The highest BCUT2D eigenvalue weighted by Crippen LogP contribution is 2.33. The molecule has 5 nitrogen and oxygen atoms in total. The molecule has 3 rings (SSSR count). The van der Waals surface area contributed by atoms with E-state index in [0.29, 0.717) is 17.9 Å². The van der Waals surface area contributed by atoms with Gasteiger partial charge >= 0.3 is 0 Å². The first-order chi connectivity index (χ1) is 11.9. The van der Waals surface area contributed by atoms with Gasteiger partial charge < -0.3 is 0 Å². The fourth-order valence-electron chi connectivity index (χ4n) is 2.71. The predicted octanol–water partition coefficient (Wildman–Crippen LogP) is 3.80. The van der Waals surface area contributed by atoms with Crippen LogP contribution in [0.15, 0.2) is 40.7 Å². The summed E-state index contributed by atoms with van der Waals surface area (Å²) in [7, 11) is -3.67. The molecule has 0 bridgehead atoms. The number of ketones is 1. The van der Waals surface area contributed by atoms with Crippen molar-refractivity contribution < 1.29 is 13.2 Å². The number of hydrogen-bond acceptors (Lipinski definition) is 5. The van der Waals surface area contributed by atoms with Crippen LogP contribution in [0.4, 0.5) is 0 Å². The summed E-state index contributed by atoms with van der Waals surface area (Å²) < 4.78 is 28.2. The second kappa shape index (κ2) is 7.35. The summed E-state index contributed by atoms with van der Waals surface area (Å²) in [5.41, 5.74) is 0.583. The van der Waals surface area contributed by atoms with E-state index in [0.717, 1.165) is 17.8 Å². The first-order valence-corrected chi connectivity index (χ1v) is 10.8. The average Bonchev–Trinajstić information content (AvgIpc) is 3.27. The summed E-state index contributed by atoms with van der Waals surface area (Å²) in [5.74, 6) is 0.563. The highest BCUT2D eigenvalue weighted by molar-refractivity contribution is 7.89. The van der Waals surface area contributed by atoms with Gasteiger partial charge in [0, 0.05) is 23.1 Å². The Labute approximate surface area is 152 Å². The van der Waals surface area contributed by atoms with Crippen LogP contribution in [0.1, 0.15) is 54.5 Å². The Morgan fingerprint density at radius 2 is 1.96 bits per heavy atom. The molecule has 0 radical (unpaired) electrons. The number of carbonyl (C=O) groups excluding carboxylic acids is 1. The Morgan fingerprint density at radius 3 is 2.48 bits per heavy atom. The van der Waals surface area contributed by atoms with Gasteiger partial charge in [0.25, 0.3) is 0 Å². The van der Waals surface area contributed by atoms with Gasteiger partial charge in [0.1, 0.15) is 5.01 Å². The molecule has 2 aromatic rings. The minimum Gasteiger partial charge on any atom is -0.294 e. The van der Waals surface area contributed by atoms with E-state index in [1.54, 1.807) is 18.3 Å². The van der Waals surface area contributed by atoms with Crippen molar-refractivity contribution in [2.45, 2.75) is 44.0 Å². The predicted molar refractivity (Wildman–Crippen MR) is 98.1 cm³/mol. The smallest absolute Gasteiger partial charge is 0.241 e. The summed E-state index contributed by atoms with van der Waals surface area (Å²) in [6, 6.07) is 5.88. The van der Waals surface area contributed by atoms with Gasteiger partial charge in [-0.3, -0.25) is 4.79 Å². The number of rotatable bonds is 8. The van der Waals surface area contributed by atoms with Crippen molar-refractivity contribution in [1.82, 2.24) is 9.71 Å². The van der Waals surface area contributed by atoms with Gasteiger partial charge in [-0.1, -0.05) is 26.0 Å². The second-order valence-electron chi connectivity index (χ2n) is 6.84. The van der Waals surface area contributed by atoms with Crippen LogP contribution in [-0.4, -0.2) is 19.2 Å². The molecule has 25 heavy (non-hydrogen) atoms. The highest BCUT2D eigenvalue weighted by Gasteiger charge is 2.30. The Bertz CT molecular complexity index is 824. The molecule has 1 aliphatic rings. The molecule has 1 saturated carbocycles. The van der Waals surface area contributed by atoms with E-state index >= 15 is 0 Å². The van der Waals surface area contributed by atoms with Crippen molar-refractivity contribution in [3.05, 3.63) is 46.4 Å². The van der Waals surface area contributed by atoms with Gasteiger partial charge in [-0.2, -0.15) is 0 Å². The monoisotopic (exact) mass is 378 g/mol. The minimum atomic E-state index is -3.67. The summed E-state index contributed by atoms with van der Waals surface area (Å²) in [6.07, 6.45) is 4.22. The topological polar surface area (TPSA) is 76.1 Å². The minimum absolute atomic E-state index is 0.109. The maximum atomic E-state index is 12.7. The van der Waals surface area contributed by atoms with Crippen molar-refractivity contribution in [3.63, 3.8) is 0 Å². The van der Waals surface area contributed by atoms with Gasteiger partial charge in [-0.25, -0.2) is 18.1 Å². The third-order valence-corrected chi connectivity index (χ3v) is 6.53. The van der Waals surface area contributed by atoms with Crippen LogP contribution in [0.3, 0.4) is 0 Å². The Kier molecular flexibility index (Phi) is 5.36. The molecule has 0 aliphatic heterocycles. The van der Waals surface area contributed by atoms with E-state index in [4.69, 9.17) is 0 Å². The summed E-state index contributed by atoms with van der Waals surface area (Å²) in [5, 5.41) is 2.60. The lowest BCUT2D eigenvalue weighted by Crippen LogP contribution is -2.29. The van der Waals surface area contributed by atoms with Crippen molar-refractivity contribution in [2.24, 2.45) is 11.8 Å². The zero-order valence-electron chi connectivity index (χ0n) is 14.3. The van der Waals surface area contributed by atoms with Crippen LogP contribution in [0.2, 0.25) is 0 Å². The molecule has 1 unspecified atom stereocenters. The van der Waals surface area contributed by atoms with Crippen molar-refractivity contribution in [1.29, 1.82) is 0 Å². The maximum absolute atomic E-state index is 12.7. The quantitative estimate of drug-likeness (QED) is 0.709. The van der Waals surface area contributed by atoms with Crippen LogP contribution in [0, 0.1) is 11.8 Å². The molecule has 1 fully saturated rings. The number of benzene rings is 1. The summed E-state index contributed by atoms with van der Waals surface area (Å²) >= 11 is 1.44. The lowest BCUT2D eigenvalue weighted by atomic mass is 10.1. The van der Waals surface area contributed by atoms with E-state index in [9.17, 15) is 13.2 Å². The van der Waals surface area contributed by atoms with Gasteiger partial charge in [-0.05, 0) is 37.3 Å². The number of Topliss-reactive ketones (excluding diaryl/α,β-unsaturated/α-hetero) is 1. The van der Waals surface area contributed by atoms with Crippen molar-refractivity contribution in [3.8, 4) is 0 Å². The van der Waals surface area contributed by atoms with Crippen LogP contribution in [-0.2, 0) is 10.0 Å². The van der Waals surface area contributed by atoms with Gasteiger partial charge in [-0.15, -0.1) is 11.3 Å². The van der Waals surface area contributed by atoms with E-state index in [2.05, 4.69) is 9.71 Å². The molecule has 7 heteroatoms. The zero-order chi connectivity index (χ0) is 18.0. The molecule has 1 aromatic heterocycles. The van der Waals surface area contributed by atoms with Crippen LogP contribution >= 0.6 is 11.3 Å². The number of nitrogens with zero attached hydrogens (tertiary/aromatic N) is 1. The van der Waals surface area contributed by atoms with E-state index < -0.39 is 10.0 Å². The molecule has 0 spiro atoms. The van der Waals surface area contributed by atoms with Gasteiger partial charge in [0.2, 0.25) is 10.0 Å². The first kappa shape index (κ1) is 18.2. The summed E-state index contributed by atoms with van der Waals surface area (Å²) in [6.45, 7) is 4.10. The molecule has 1 heterocycles. The number of sulfonamides is 1. The molecule has 134 valence electrons. The third kappa shape index (κ3) is 4.54. The lowest BCUT2D eigenvalue weighted by molar-refractivity contribution is 0.0967.